The average molecular weight is 352 g/mol. The van der Waals surface area contributed by atoms with Gasteiger partial charge < -0.3 is 4.74 Å². The van der Waals surface area contributed by atoms with E-state index < -0.39 is 0 Å². The van der Waals surface area contributed by atoms with Gasteiger partial charge in [-0.15, -0.1) is 0 Å². The van der Waals surface area contributed by atoms with E-state index in [1.54, 1.807) is 24.1 Å². The maximum absolute atomic E-state index is 12.5. The van der Waals surface area contributed by atoms with Crippen molar-refractivity contribution in [3.05, 3.63) is 41.0 Å². The number of aromatic nitrogens is 2. The van der Waals surface area contributed by atoms with Crippen LogP contribution in [0, 0.1) is 0 Å². The van der Waals surface area contributed by atoms with Crippen molar-refractivity contribution >= 4 is 17.5 Å². The maximum atomic E-state index is 12.5. The SMILES string of the molecule is COCCONC(=O)c1cn(C(C)(C)C)nc1-c1ccccc1Cl. The Morgan fingerprint density at radius 2 is 2.00 bits per heavy atom. The molecular formula is C17H22ClN3O3. The van der Waals surface area contributed by atoms with Crippen molar-refractivity contribution in [1.29, 1.82) is 0 Å². The maximum Gasteiger partial charge on any atom is 0.278 e. The zero-order chi connectivity index (χ0) is 17.7. The van der Waals surface area contributed by atoms with Gasteiger partial charge in [-0.05, 0) is 26.8 Å². The van der Waals surface area contributed by atoms with Crippen LogP contribution < -0.4 is 5.48 Å². The molecule has 0 bridgehead atoms. The summed E-state index contributed by atoms with van der Waals surface area (Å²) in [5.74, 6) is -0.378. The normalized spacial score (nSPS) is 11.5. The third kappa shape index (κ3) is 4.35. The molecule has 2 aromatic rings. The highest BCUT2D eigenvalue weighted by molar-refractivity contribution is 6.33. The summed E-state index contributed by atoms with van der Waals surface area (Å²) >= 11 is 6.28. The summed E-state index contributed by atoms with van der Waals surface area (Å²) in [6, 6.07) is 7.29. The van der Waals surface area contributed by atoms with E-state index in [4.69, 9.17) is 21.2 Å². The minimum Gasteiger partial charge on any atom is -0.382 e. The largest absolute Gasteiger partial charge is 0.382 e. The van der Waals surface area contributed by atoms with Crippen LogP contribution in [-0.4, -0.2) is 36.0 Å². The van der Waals surface area contributed by atoms with Gasteiger partial charge in [0, 0.05) is 18.9 Å². The van der Waals surface area contributed by atoms with Crippen molar-refractivity contribution < 1.29 is 14.4 Å². The lowest BCUT2D eigenvalue weighted by Crippen LogP contribution is -2.26. The molecule has 1 N–H and O–H groups in total. The Balaban J connectivity index is 2.37. The smallest absolute Gasteiger partial charge is 0.278 e. The van der Waals surface area contributed by atoms with Crippen LogP contribution in [0.3, 0.4) is 0 Å². The number of halogens is 1. The summed E-state index contributed by atoms with van der Waals surface area (Å²) in [6.45, 7) is 6.67. The van der Waals surface area contributed by atoms with Gasteiger partial charge in [0.2, 0.25) is 0 Å². The summed E-state index contributed by atoms with van der Waals surface area (Å²) in [4.78, 5) is 17.6. The van der Waals surface area contributed by atoms with Gasteiger partial charge in [-0.3, -0.25) is 14.3 Å². The van der Waals surface area contributed by atoms with E-state index >= 15 is 0 Å². The predicted molar refractivity (Wildman–Crippen MR) is 93.0 cm³/mol. The second kappa shape index (κ2) is 7.79. The molecule has 0 spiro atoms. The zero-order valence-electron chi connectivity index (χ0n) is 14.3. The second-order valence-corrected chi connectivity index (χ2v) is 6.67. The summed E-state index contributed by atoms with van der Waals surface area (Å²) in [7, 11) is 1.56. The molecule has 1 aromatic carbocycles. The molecule has 24 heavy (non-hydrogen) atoms. The second-order valence-electron chi connectivity index (χ2n) is 6.26. The van der Waals surface area contributed by atoms with Gasteiger partial charge in [-0.1, -0.05) is 29.8 Å². The van der Waals surface area contributed by atoms with E-state index in [9.17, 15) is 4.79 Å². The van der Waals surface area contributed by atoms with Gasteiger partial charge in [-0.2, -0.15) is 5.10 Å². The van der Waals surface area contributed by atoms with Crippen LogP contribution in [0.25, 0.3) is 11.3 Å². The molecular weight excluding hydrogens is 330 g/mol. The summed E-state index contributed by atoms with van der Waals surface area (Å²) < 4.78 is 6.62. The molecule has 0 radical (unpaired) electrons. The van der Waals surface area contributed by atoms with Crippen molar-refractivity contribution in [2.45, 2.75) is 26.3 Å². The standard InChI is InChI=1S/C17H22ClN3O3/c1-17(2,3)21-11-13(16(22)20-24-10-9-23-4)15(19-21)12-7-5-6-8-14(12)18/h5-8,11H,9-10H2,1-4H3,(H,20,22). The molecule has 0 saturated heterocycles. The van der Waals surface area contributed by atoms with Crippen LogP contribution in [0.1, 0.15) is 31.1 Å². The molecule has 0 atom stereocenters. The number of carbonyl (C=O) groups excluding carboxylic acids is 1. The lowest BCUT2D eigenvalue weighted by Gasteiger charge is -2.18. The van der Waals surface area contributed by atoms with Crippen molar-refractivity contribution in [2.24, 2.45) is 0 Å². The third-order valence-electron chi connectivity index (χ3n) is 3.33. The topological polar surface area (TPSA) is 65.4 Å². The molecule has 130 valence electrons. The molecule has 1 heterocycles. The Labute approximate surface area is 146 Å². The molecule has 0 saturated carbocycles. The predicted octanol–water partition coefficient (Wildman–Crippen LogP) is 3.27. The monoisotopic (exact) mass is 351 g/mol. The van der Waals surface area contributed by atoms with Gasteiger partial charge in [0.05, 0.1) is 29.3 Å². The number of ether oxygens (including phenoxy) is 1. The highest BCUT2D eigenvalue weighted by Crippen LogP contribution is 2.30. The first-order valence-corrected chi connectivity index (χ1v) is 7.98. The summed E-state index contributed by atoms with van der Waals surface area (Å²) in [5.41, 5.74) is 3.75. The quantitative estimate of drug-likeness (QED) is 0.640. The van der Waals surface area contributed by atoms with E-state index in [1.165, 1.54) is 0 Å². The van der Waals surface area contributed by atoms with Crippen LogP contribution in [0.15, 0.2) is 30.5 Å². The van der Waals surface area contributed by atoms with Gasteiger partial charge in [-0.25, -0.2) is 5.48 Å². The molecule has 1 aromatic heterocycles. The number of hydrogen-bond donors (Lipinski definition) is 1. The highest BCUT2D eigenvalue weighted by Gasteiger charge is 2.24. The lowest BCUT2D eigenvalue weighted by atomic mass is 10.1. The van der Waals surface area contributed by atoms with Crippen molar-refractivity contribution in [1.82, 2.24) is 15.3 Å². The number of benzene rings is 1. The molecule has 0 aliphatic rings. The fourth-order valence-electron chi connectivity index (χ4n) is 2.03. The molecule has 2 rings (SSSR count). The number of methoxy groups -OCH3 is 1. The number of rotatable bonds is 6. The van der Waals surface area contributed by atoms with E-state index in [2.05, 4.69) is 10.6 Å². The fraction of sp³-hybridized carbons (Fsp3) is 0.412. The minimum atomic E-state index is -0.378. The number of carbonyl (C=O) groups is 1. The summed E-state index contributed by atoms with van der Waals surface area (Å²) in [5, 5.41) is 5.10. The van der Waals surface area contributed by atoms with Gasteiger partial charge in [0.1, 0.15) is 5.69 Å². The van der Waals surface area contributed by atoms with Crippen LogP contribution >= 0.6 is 11.6 Å². The lowest BCUT2D eigenvalue weighted by molar-refractivity contribution is 0.00891. The van der Waals surface area contributed by atoms with E-state index in [0.29, 0.717) is 28.5 Å². The van der Waals surface area contributed by atoms with Crippen LogP contribution in [0.2, 0.25) is 5.02 Å². The van der Waals surface area contributed by atoms with Gasteiger partial charge in [0.15, 0.2) is 0 Å². The highest BCUT2D eigenvalue weighted by atomic mass is 35.5. The van der Waals surface area contributed by atoms with Gasteiger partial charge >= 0.3 is 0 Å². The molecule has 0 fully saturated rings. The van der Waals surface area contributed by atoms with Crippen molar-refractivity contribution in [2.75, 3.05) is 20.3 Å². The summed E-state index contributed by atoms with van der Waals surface area (Å²) in [6.07, 6.45) is 1.70. The van der Waals surface area contributed by atoms with E-state index in [1.807, 2.05) is 39.0 Å². The van der Waals surface area contributed by atoms with Crippen LogP contribution in [0.5, 0.6) is 0 Å². The number of nitrogens with zero attached hydrogens (tertiary/aromatic N) is 2. The molecule has 1 amide bonds. The first-order chi connectivity index (χ1) is 11.3. The first-order valence-electron chi connectivity index (χ1n) is 7.60. The zero-order valence-corrected chi connectivity index (χ0v) is 15.1. The van der Waals surface area contributed by atoms with Gasteiger partial charge in [0.25, 0.3) is 5.91 Å². The fourth-order valence-corrected chi connectivity index (χ4v) is 2.26. The van der Waals surface area contributed by atoms with Crippen LogP contribution in [0.4, 0.5) is 0 Å². The Hall–Kier alpha value is -1.89. The molecule has 0 unspecified atom stereocenters. The molecule has 0 aliphatic carbocycles. The van der Waals surface area contributed by atoms with Crippen molar-refractivity contribution in [3.63, 3.8) is 0 Å². The van der Waals surface area contributed by atoms with E-state index in [-0.39, 0.29) is 18.1 Å². The Kier molecular flexibility index (Phi) is 5.99. The Morgan fingerprint density at radius 3 is 2.62 bits per heavy atom. The minimum absolute atomic E-state index is 0.261. The number of hydrogen-bond acceptors (Lipinski definition) is 4. The molecule has 7 heteroatoms. The van der Waals surface area contributed by atoms with Crippen molar-refractivity contribution in [3.8, 4) is 11.3 Å². The van der Waals surface area contributed by atoms with Crippen LogP contribution in [-0.2, 0) is 15.1 Å². The Bertz CT molecular complexity index is 707. The molecule has 0 aliphatic heterocycles. The first kappa shape index (κ1) is 18.4. The van der Waals surface area contributed by atoms with E-state index in [0.717, 1.165) is 0 Å². The molecule has 6 nitrogen and oxygen atoms in total. The number of amides is 1. The number of nitrogens with one attached hydrogen (secondary N) is 1. The number of hydroxylamine groups is 1. The Morgan fingerprint density at radius 1 is 1.29 bits per heavy atom. The third-order valence-corrected chi connectivity index (χ3v) is 3.66. The average Bonchev–Trinajstić information content (AvgIpc) is 2.97.